The number of β-amino-alcohol motifs (C(OH)–C–C–N with tert-alkyl or cyclic N) is 1. The van der Waals surface area contributed by atoms with Crippen molar-refractivity contribution in [2.24, 2.45) is 0 Å². The van der Waals surface area contributed by atoms with Crippen LogP contribution >= 0.6 is 0 Å². The van der Waals surface area contributed by atoms with E-state index in [0.29, 0.717) is 30.2 Å². The zero-order valence-corrected chi connectivity index (χ0v) is 20.6. The number of nitrogens with zero attached hydrogens (tertiary/aromatic N) is 3. The number of ether oxygens (including phenoxy) is 2. The molecule has 2 N–H and O–H groups in total. The fraction of sp³-hybridized carbons (Fsp3) is 0.481. The number of piperidine rings is 1. The van der Waals surface area contributed by atoms with Crippen LogP contribution in [0.3, 0.4) is 0 Å². The van der Waals surface area contributed by atoms with Crippen molar-refractivity contribution in [2.75, 3.05) is 45.9 Å². The molecule has 2 amide bonds. The van der Waals surface area contributed by atoms with Gasteiger partial charge in [0.2, 0.25) is 0 Å². The first kappa shape index (κ1) is 25.3. The SMILES string of the molecule is O=C(O)N1CCC(Oc2ccc3c(c2)OCCN(CC(O)CN2CCc4ccccc4C2)C3=O)C(F)C1. The van der Waals surface area contributed by atoms with Crippen molar-refractivity contribution in [1.82, 2.24) is 14.7 Å². The molecular weight excluding hydrogens is 481 g/mol. The zero-order chi connectivity index (χ0) is 25.9. The normalized spacial score (nSPS) is 22.9. The van der Waals surface area contributed by atoms with E-state index in [1.165, 1.54) is 11.1 Å². The molecule has 9 nitrogen and oxygen atoms in total. The Labute approximate surface area is 215 Å². The largest absolute Gasteiger partial charge is 0.491 e. The fourth-order valence-electron chi connectivity index (χ4n) is 5.27. The summed E-state index contributed by atoms with van der Waals surface area (Å²) < 4.78 is 26.1. The molecule has 2 aromatic carbocycles. The second-order valence-electron chi connectivity index (χ2n) is 9.85. The standard InChI is InChI=1S/C27H32FN3O6/c28-23-17-31(27(34)35)10-8-24(23)37-21-5-6-22-25(13-21)36-12-11-30(26(22)33)16-20(32)15-29-9-7-18-3-1-2-4-19(18)14-29/h1-6,13,20,23-24,32H,7-12,14-17H2,(H,34,35). The first-order valence-corrected chi connectivity index (χ1v) is 12.7. The molecule has 0 radical (unpaired) electrons. The minimum atomic E-state index is -1.45. The maximum absolute atomic E-state index is 14.5. The summed E-state index contributed by atoms with van der Waals surface area (Å²) in [5.41, 5.74) is 2.99. The van der Waals surface area contributed by atoms with Gasteiger partial charge in [0.15, 0.2) is 6.17 Å². The number of hydrogen-bond donors (Lipinski definition) is 2. The molecule has 0 bridgehead atoms. The molecule has 2 aromatic rings. The van der Waals surface area contributed by atoms with E-state index in [4.69, 9.17) is 14.6 Å². The Hall–Kier alpha value is -3.37. The number of halogens is 1. The number of benzene rings is 2. The fourth-order valence-corrected chi connectivity index (χ4v) is 5.27. The van der Waals surface area contributed by atoms with Crippen LogP contribution in [0.25, 0.3) is 0 Å². The molecule has 198 valence electrons. The minimum Gasteiger partial charge on any atom is -0.491 e. The lowest BCUT2D eigenvalue weighted by molar-refractivity contribution is 0.0248. The van der Waals surface area contributed by atoms with Gasteiger partial charge in [-0.15, -0.1) is 0 Å². The highest BCUT2D eigenvalue weighted by Gasteiger charge is 2.33. The van der Waals surface area contributed by atoms with Crippen molar-refractivity contribution in [1.29, 1.82) is 0 Å². The van der Waals surface area contributed by atoms with Crippen LogP contribution in [0.15, 0.2) is 42.5 Å². The van der Waals surface area contributed by atoms with Crippen LogP contribution in [0.2, 0.25) is 0 Å². The summed E-state index contributed by atoms with van der Waals surface area (Å²) in [4.78, 5) is 29.2. The molecule has 37 heavy (non-hydrogen) atoms. The molecule has 3 unspecified atom stereocenters. The van der Waals surface area contributed by atoms with Gasteiger partial charge in [0.05, 0.1) is 24.8 Å². The van der Waals surface area contributed by atoms with Gasteiger partial charge in [0, 0.05) is 45.2 Å². The van der Waals surface area contributed by atoms with Gasteiger partial charge in [-0.05, 0) is 29.7 Å². The number of fused-ring (bicyclic) bond motifs is 2. The number of likely N-dealkylation sites (tertiary alicyclic amines) is 1. The number of aliphatic hydroxyl groups is 1. The van der Waals surface area contributed by atoms with Crippen molar-refractivity contribution in [2.45, 2.75) is 37.8 Å². The van der Waals surface area contributed by atoms with E-state index in [0.717, 1.165) is 24.4 Å². The lowest BCUT2D eigenvalue weighted by atomic mass is 10.00. The van der Waals surface area contributed by atoms with Gasteiger partial charge in [-0.25, -0.2) is 9.18 Å². The van der Waals surface area contributed by atoms with Crippen LogP contribution in [0, 0.1) is 0 Å². The van der Waals surface area contributed by atoms with Crippen LogP contribution in [0.5, 0.6) is 11.5 Å². The first-order valence-electron chi connectivity index (χ1n) is 12.7. The predicted molar refractivity (Wildman–Crippen MR) is 133 cm³/mol. The number of rotatable bonds is 6. The van der Waals surface area contributed by atoms with E-state index in [1.807, 2.05) is 12.1 Å². The molecular formula is C27H32FN3O6. The second-order valence-corrected chi connectivity index (χ2v) is 9.85. The third kappa shape index (κ3) is 5.80. The van der Waals surface area contributed by atoms with E-state index >= 15 is 0 Å². The Kier molecular flexibility index (Phi) is 7.48. The summed E-state index contributed by atoms with van der Waals surface area (Å²) in [6.07, 6.45) is -2.89. The average Bonchev–Trinajstić information content (AvgIpc) is 3.03. The highest BCUT2D eigenvalue weighted by molar-refractivity contribution is 5.97. The quantitative estimate of drug-likeness (QED) is 0.612. The number of alkyl halides is 1. The van der Waals surface area contributed by atoms with Crippen LogP contribution in [0.4, 0.5) is 9.18 Å². The van der Waals surface area contributed by atoms with Gasteiger partial charge in [-0.3, -0.25) is 9.69 Å². The molecule has 1 saturated heterocycles. The molecule has 3 aliphatic rings. The van der Waals surface area contributed by atoms with Crippen LogP contribution in [-0.4, -0.2) is 101 Å². The lowest BCUT2D eigenvalue weighted by Gasteiger charge is -2.33. The summed E-state index contributed by atoms with van der Waals surface area (Å²) in [5.74, 6) is 0.479. The molecule has 0 saturated carbocycles. The van der Waals surface area contributed by atoms with Gasteiger partial charge in [0.1, 0.15) is 24.2 Å². The van der Waals surface area contributed by atoms with Gasteiger partial charge in [0.25, 0.3) is 5.91 Å². The Morgan fingerprint density at radius 1 is 1.14 bits per heavy atom. The number of carboxylic acid groups (broad SMARTS) is 1. The average molecular weight is 514 g/mol. The number of carbonyl (C=O) groups excluding carboxylic acids is 1. The van der Waals surface area contributed by atoms with E-state index < -0.39 is 24.5 Å². The zero-order valence-electron chi connectivity index (χ0n) is 20.6. The molecule has 3 atom stereocenters. The van der Waals surface area contributed by atoms with Crippen molar-refractivity contribution in [3.05, 3.63) is 59.2 Å². The molecule has 0 spiro atoms. The van der Waals surface area contributed by atoms with Gasteiger partial charge in [-0.1, -0.05) is 24.3 Å². The monoisotopic (exact) mass is 513 g/mol. The summed E-state index contributed by atoms with van der Waals surface area (Å²) in [5, 5.41) is 19.8. The van der Waals surface area contributed by atoms with Crippen LogP contribution in [0.1, 0.15) is 27.9 Å². The van der Waals surface area contributed by atoms with Crippen molar-refractivity contribution in [3.8, 4) is 11.5 Å². The Morgan fingerprint density at radius 3 is 2.73 bits per heavy atom. The van der Waals surface area contributed by atoms with Crippen LogP contribution < -0.4 is 9.47 Å². The molecule has 1 fully saturated rings. The molecule has 3 heterocycles. The highest BCUT2D eigenvalue weighted by Crippen LogP contribution is 2.30. The molecule has 0 aliphatic carbocycles. The third-order valence-corrected chi connectivity index (χ3v) is 7.24. The van der Waals surface area contributed by atoms with Gasteiger partial charge >= 0.3 is 6.09 Å². The topological polar surface area (TPSA) is 103 Å². The highest BCUT2D eigenvalue weighted by atomic mass is 19.1. The number of aliphatic hydroxyl groups excluding tert-OH is 1. The summed E-state index contributed by atoms with van der Waals surface area (Å²) >= 11 is 0. The minimum absolute atomic E-state index is 0.196. The van der Waals surface area contributed by atoms with Crippen molar-refractivity contribution in [3.63, 3.8) is 0 Å². The van der Waals surface area contributed by atoms with Gasteiger partial charge < -0.3 is 29.5 Å². The molecule has 10 heteroatoms. The van der Waals surface area contributed by atoms with Gasteiger partial charge in [-0.2, -0.15) is 0 Å². The molecule has 5 rings (SSSR count). The Balaban J connectivity index is 1.18. The maximum atomic E-state index is 14.5. The lowest BCUT2D eigenvalue weighted by Crippen LogP contribution is -2.48. The smallest absolute Gasteiger partial charge is 0.407 e. The van der Waals surface area contributed by atoms with E-state index in [2.05, 4.69) is 17.0 Å². The van der Waals surface area contributed by atoms with E-state index in [9.17, 15) is 19.1 Å². The third-order valence-electron chi connectivity index (χ3n) is 7.24. The summed E-state index contributed by atoms with van der Waals surface area (Å²) in [6, 6.07) is 13.1. The van der Waals surface area contributed by atoms with E-state index in [-0.39, 0.29) is 38.6 Å². The molecule has 0 aromatic heterocycles. The number of carbonyl (C=O) groups is 2. The second kappa shape index (κ2) is 10.9. The van der Waals surface area contributed by atoms with Crippen LogP contribution in [-0.2, 0) is 13.0 Å². The van der Waals surface area contributed by atoms with Crippen molar-refractivity contribution >= 4 is 12.0 Å². The number of amides is 2. The van der Waals surface area contributed by atoms with E-state index in [1.54, 1.807) is 23.1 Å². The first-order chi connectivity index (χ1) is 17.9. The summed E-state index contributed by atoms with van der Waals surface area (Å²) in [7, 11) is 0. The molecule has 3 aliphatic heterocycles. The maximum Gasteiger partial charge on any atom is 0.407 e. The Morgan fingerprint density at radius 2 is 1.95 bits per heavy atom. The summed E-state index contributed by atoms with van der Waals surface area (Å²) in [6.45, 7) is 2.88. The van der Waals surface area contributed by atoms with Crippen molar-refractivity contribution < 1.29 is 33.7 Å². The predicted octanol–water partition coefficient (Wildman–Crippen LogP) is 2.41. The Bertz CT molecular complexity index is 1150. The number of hydrogen-bond acceptors (Lipinski definition) is 6.